The molecule has 1 amide bonds. The van der Waals surface area contributed by atoms with Crippen LogP contribution >= 0.6 is 11.3 Å². The van der Waals surface area contributed by atoms with Crippen molar-refractivity contribution in [2.45, 2.75) is 26.3 Å². The van der Waals surface area contributed by atoms with Gasteiger partial charge in [0.2, 0.25) is 5.91 Å². The first-order valence-electron chi connectivity index (χ1n) is 8.28. The molecule has 0 saturated heterocycles. The van der Waals surface area contributed by atoms with E-state index >= 15 is 0 Å². The topological polar surface area (TPSA) is 77.1 Å². The Hall–Kier alpha value is -3.00. The minimum atomic E-state index is -0.149. The lowest BCUT2D eigenvalue weighted by atomic mass is 10.1. The van der Waals surface area contributed by atoms with E-state index in [1.165, 1.54) is 0 Å². The number of aromatic nitrogens is 5. The zero-order valence-corrected chi connectivity index (χ0v) is 15.3. The van der Waals surface area contributed by atoms with Crippen molar-refractivity contribution in [3.63, 3.8) is 0 Å². The molecule has 1 atom stereocenters. The summed E-state index contributed by atoms with van der Waals surface area (Å²) in [6.45, 7) is 3.93. The number of fused-ring (bicyclic) bond motifs is 1. The van der Waals surface area contributed by atoms with E-state index in [4.69, 9.17) is 0 Å². The molecule has 0 bridgehead atoms. The first-order valence-corrected chi connectivity index (χ1v) is 9.16. The molecule has 0 aliphatic heterocycles. The number of thiazole rings is 1. The van der Waals surface area contributed by atoms with Crippen molar-refractivity contribution >= 4 is 22.2 Å². The largest absolute Gasteiger partial charge is 0.349 e. The number of nitrogens with one attached hydrogen (secondary N) is 1. The molecule has 4 rings (SSSR count). The van der Waals surface area contributed by atoms with E-state index in [1.807, 2.05) is 54.2 Å². The lowest BCUT2D eigenvalue weighted by molar-refractivity contribution is -0.121. The average Bonchev–Trinajstić information content (AvgIpc) is 3.30. The zero-order valence-electron chi connectivity index (χ0n) is 14.5. The van der Waals surface area contributed by atoms with Gasteiger partial charge in [0.15, 0.2) is 10.8 Å². The first-order chi connectivity index (χ1) is 12.6. The predicted molar refractivity (Wildman–Crippen MR) is 99.4 cm³/mol. The lowest BCUT2D eigenvalue weighted by Gasteiger charge is -2.13. The van der Waals surface area contributed by atoms with Gasteiger partial charge in [-0.15, -0.1) is 11.3 Å². The molecule has 0 saturated carbocycles. The van der Waals surface area contributed by atoms with Gasteiger partial charge in [0.25, 0.3) is 0 Å². The highest BCUT2D eigenvalue weighted by atomic mass is 32.1. The predicted octanol–water partition coefficient (Wildman–Crippen LogP) is 2.70. The number of hydrogen-bond donors (Lipinski definition) is 1. The van der Waals surface area contributed by atoms with Crippen molar-refractivity contribution < 1.29 is 4.79 Å². The van der Waals surface area contributed by atoms with E-state index in [-0.39, 0.29) is 18.4 Å². The van der Waals surface area contributed by atoms with Crippen molar-refractivity contribution in [1.29, 1.82) is 0 Å². The van der Waals surface area contributed by atoms with Crippen LogP contribution < -0.4 is 5.32 Å². The molecule has 26 heavy (non-hydrogen) atoms. The summed E-state index contributed by atoms with van der Waals surface area (Å²) in [5, 5.41) is 9.41. The van der Waals surface area contributed by atoms with Gasteiger partial charge in [0, 0.05) is 35.2 Å². The second kappa shape index (κ2) is 6.72. The van der Waals surface area contributed by atoms with Gasteiger partial charge in [-0.2, -0.15) is 5.10 Å². The molecule has 0 fully saturated rings. The number of amides is 1. The Bertz CT molecular complexity index is 1020. The number of nitrogens with zero attached hydrogens (tertiary/aromatic N) is 5. The maximum absolute atomic E-state index is 12.4. The SMILES string of the molecule is Cc1c(C(C)NC(=O)Cc2cn3ccsc3n2)cnn1-c1ccccn1. The lowest BCUT2D eigenvalue weighted by Crippen LogP contribution is -2.28. The van der Waals surface area contributed by atoms with E-state index in [9.17, 15) is 4.79 Å². The molecule has 1 unspecified atom stereocenters. The molecule has 4 aromatic heterocycles. The summed E-state index contributed by atoms with van der Waals surface area (Å²) in [6, 6.07) is 5.54. The van der Waals surface area contributed by atoms with Gasteiger partial charge >= 0.3 is 0 Å². The monoisotopic (exact) mass is 366 g/mol. The highest BCUT2D eigenvalue weighted by Crippen LogP contribution is 2.19. The highest BCUT2D eigenvalue weighted by Gasteiger charge is 2.17. The summed E-state index contributed by atoms with van der Waals surface area (Å²) >= 11 is 1.55. The molecule has 4 aromatic rings. The zero-order chi connectivity index (χ0) is 18.1. The number of hydrogen-bond acceptors (Lipinski definition) is 5. The quantitative estimate of drug-likeness (QED) is 0.589. The van der Waals surface area contributed by atoms with Crippen molar-refractivity contribution in [1.82, 2.24) is 29.5 Å². The van der Waals surface area contributed by atoms with Gasteiger partial charge in [0.1, 0.15) is 0 Å². The number of imidazole rings is 1. The van der Waals surface area contributed by atoms with E-state index in [1.54, 1.807) is 28.4 Å². The molecule has 1 N–H and O–H groups in total. The summed E-state index contributed by atoms with van der Waals surface area (Å²) in [5.74, 6) is 0.695. The normalized spacial score (nSPS) is 12.4. The molecule has 4 heterocycles. The molecular formula is C18H18N6OS. The third-order valence-corrected chi connectivity index (χ3v) is 5.01. The summed E-state index contributed by atoms with van der Waals surface area (Å²) in [6.07, 6.45) is 7.59. The minimum Gasteiger partial charge on any atom is -0.349 e. The molecule has 0 radical (unpaired) electrons. The Labute approximate surface area is 154 Å². The van der Waals surface area contributed by atoms with E-state index in [0.29, 0.717) is 0 Å². The van der Waals surface area contributed by atoms with Gasteiger partial charge in [-0.3, -0.25) is 9.20 Å². The molecular weight excluding hydrogens is 348 g/mol. The molecule has 8 heteroatoms. The van der Waals surface area contributed by atoms with Crippen LogP contribution in [0.2, 0.25) is 0 Å². The van der Waals surface area contributed by atoms with Crippen LogP contribution in [0, 0.1) is 6.92 Å². The van der Waals surface area contributed by atoms with Gasteiger partial charge in [-0.25, -0.2) is 14.6 Å². The fourth-order valence-electron chi connectivity index (χ4n) is 2.95. The fourth-order valence-corrected chi connectivity index (χ4v) is 3.67. The van der Waals surface area contributed by atoms with Crippen molar-refractivity contribution in [2.75, 3.05) is 0 Å². The number of pyridine rings is 1. The highest BCUT2D eigenvalue weighted by molar-refractivity contribution is 7.15. The Kier molecular flexibility index (Phi) is 4.26. The molecule has 0 aromatic carbocycles. The van der Waals surface area contributed by atoms with Crippen LogP contribution in [-0.2, 0) is 11.2 Å². The standard InChI is InChI=1S/C18H18N6OS/c1-12(15-10-20-24(13(15)2)16-5-3-4-6-19-16)21-17(25)9-14-11-23-7-8-26-18(23)22-14/h3-8,10-12H,9H2,1-2H3,(H,21,25). The second-order valence-electron chi connectivity index (χ2n) is 6.08. The smallest absolute Gasteiger partial charge is 0.226 e. The maximum atomic E-state index is 12.4. The van der Waals surface area contributed by atoms with Gasteiger partial charge in [0.05, 0.1) is 24.4 Å². The van der Waals surface area contributed by atoms with Crippen LogP contribution in [0.15, 0.2) is 48.4 Å². The summed E-state index contributed by atoms with van der Waals surface area (Å²) in [7, 11) is 0. The Morgan fingerprint density at radius 3 is 3.04 bits per heavy atom. The van der Waals surface area contributed by atoms with Crippen LogP contribution in [0.5, 0.6) is 0 Å². The molecule has 0 aliphatic rings. The number of carbonyl (C=O) groups is 1. The average molecular weight is 366 g/mol. The van der Waals surface area contributed by atoms with Crippen molar-refractivity contribution in [3.8, 4) is 5.82 Å². The summed E-state index contributed by atoms with van der Waals surface area (Å²) in [4.78, 5) is 22.1. The Morgan fingerprint density at radius 2 is 2.27 bits per heavy atom. The van der Waals surface area contributed by atoms with Crippen LogP contribution in [0.1, 0.15) is 29.9 Å². The molecule has 132 valence electrons. The Balaban J connectivity index is 1.46. The third kappa shape index (κ3) is 3.11. The second-order valence-corrected chi connectivity index (χ2v) is 6.95. The summed E-state index contributed by atoms with van der Waals surface area (Å²) < 4.78 is 3.71. The molecule has 7 nitrogen and oxygen atoms in total. The number of rotatable bonds is 5. The van der Waals surface area contributed by atoms with E-state index in [0.717, 1.165) is 27.7 Å². The maximum Gasteiger partial charge on any atom is 0.226 e. The van der Waals surface area contributed by atoms with Crippen LogP contribution in [0.25, 0.3) is 10.8 Å². The summed E-state index contributed by atoms with van der Waals surface area (Å²) in [5.41, 5.74) is 2.69. The third-order valence-electron chi connectivity index (χ3n) is 4.24. The fraction of sp³-hybridized carbons (Fsp3) is 0.222. The molecule has 0 spiro atoms. The van der Waals surface area contributed by atoms with E-state index < -0.39 is 0 Å². The first kappa shape index (κ1) is 16.5. The van der Waals surface area contributed by atoms with Gasteiger partial charge in [-0.1, -0.05) is 6.07 Å². The van der Waals surface area contributed by atoms with Crippen molar-refractivity contribution in [3.05, 3.63) is 65.3 Å². The van der Waals surface area contributed by atoms with Crippen LogP contribution in [0.3, 0.4) is 0 Å². The minimum absolute atomic E-state index is 0.0618. The molecule has 0 aliphatic carbocycles. The number of carbonyl (C=O) groups excluding carboxylic acids is 1. The van der Waals surface area contributed by atoms with E-state index in [2.05, 4.69) is 20.4 Å². The Morgan fingerprint density at radius 1 is 1.38 bits per heavy atom. The van der Waals surface area contributed by atoms with Crippen LogP contribution in [0.4, 0.5) is 0 Å². The van der Waals surface area contributed by atoms with Crippen LogP contribution in [-0.4, -0.2) is 30.1 Å². The van der Waals surface area contributed by atoms with Crippen molar-refractivity contribution in [2.24, 2.45) is 0 Å². The van der Waals surface area contributed by atoms with Gasteiger partial charge < -0.3 is 5.32 Å². The van der Waals surface area contributed by atoms with Gasteiger partial charge in [-0.05, 0) is 26.0 Å².